The molecule has 24 heavy (non-hydrogen) atoms. The molecule has 0 atom stereocenters. The van der Waals surface area contributed by atoms with Gasteiger partial charge in [0.25, 0.3) is 0 Å². The van der Waals surface area contributed by atoms with Gasteiger partial charge in [-0.1, -0.05) is 36.4 Å². The molecule has 0 aliphatic heterocycles. The van der Waals surface area contributed by atoms with Crippen LogP contribution in [0.1, 0.15) is 29.7 Å². The van der Waals surface area contributed by atoms with Gasteiger partial charge in [-0.25, -0.2) is 4.79 Å². The van der Waals surface area contributed by atoms with Crippen molar-refractivity contribution < 1.29 is 9.53 Å². The molecule has 3 rings (SSSR count). The van der Waals surface area contributed by atoms with E-state index in [0.717, 1.165) is 30.6 Å². The Morgan fingerprint density at radius 3 is 2.62 bits per heavy atom. The lowest BCUT2D eigenvalue weighted by atomic mass is 9.87. The smallest absolute Gasteiger partial charge is 0.407 e. The highest BCUT2D eigenvalue weighted by Gasteiger charge is 2.30. The highest BCUT2D eigenvalue weighted by molar-refractivity contribution is 5.67. The van der Waals surface area contributed by atoms with E-state index in [2.05, 4.69) is 21.7 Å². The Kier molecular flexibility index (Phi) is 5.43. The largest absolute Gasteiger partial charge is 0.445 e. The van der Waals surface area contributed by atoms with E-state index in [1.807, 2.05) is 49.5 Å². The zero-order valence-electron chi connectivity index (χ0n) is 13.9. The van der Waals surface area contributed by atoms with Crippen molar-refractivity contribution in [3.63, 3.8) is 0 Å². The summed E-state index contributed by atoms with van der Waals surface area (Å²) >= 11 is 0. The summed E-state index contributed by atoms with van der Waals surface area (Å²) in [5.41, 5.74) is 3.20. The van der Waals surface area contributed by atoms with Crippen molar-refractivity contribution in [2.45, 2.75) is 45.0 Å². The summed E-state index contributed by atoms with van der Waals surface area (Å²) in [6.07, 6.45) is 3.42. The molecule has 1 amide bonds. The molecule has 2 N–H and O–H groups in total. The quantitative estimate of drug-likeness (QED) is 0.857. The van der Waals surface area contributed by atoms with Crippen LogP contribution in [0.15, 0.2) is 48.7 Å². The number of ether oxygens (including phenoxy) is 1. The number of rotatable bonds is 6. The Bertz CT molecular complexity index is 652. The molecular weight excluding hydrogens is 302 g/mol. The van der Waals surface area contributed by atoms with Crippen molar-refractivity contribution in [3.05, 3.63) is 65.5 Å². The average Bonchev–Trinajstić information content (AvgIpc) is 2.57. The molecule has 0 spiro atoms. The summed E-state index contributed by atoms with van der Waals surface area (Å²) in [5, 5.41) is 6.39. The van der Waals surface area contributed by atoms with Crippen LogP contribution in [-0.4, -0.2) is 23.2 Å². The van der Waals surface area contributed by atoms with Crippen LogP contribution in [0.3, 0.4) is 0 Å². The zero-order valence-corrected chi connectivity index (χ0v) is 13.9. The van der Waals surface area contributed by atoms with E-state index >= 15 is 0 Å². The third-order valence-electron chi connectivity index (χ3n) is 4.24. The molecule has 0 unspecified atom stereocenters. The summed E-state index contributed by atoms with van der Waals surface area (Å²) in [6, 6.07) is 14.4. The second kappa shape index (κ2) is 7.93. The Morgan fingerprint density at radius 1 is 1.12 bits per heavy atom. The van der Waals surface area contributed by atoms with Crippen molar-refractivity contribution in [2.24, 2.45) is 0 Å². The molecule has 5 heteroatoms. The van der Waals surface area contributed by atoms with E-state index in [9.17, 15) is 4.79 Å². The standard InChI is InChI=1S/C19H23N3O2/c1-14-7-8-16(11-20-14)12-21-17-9-18(10-17)22-19(23)24-13-15-5-3-2-4-6-15/h2-8,11,17-18,21H,9-10,12-13H2,1H3,(H,22,23). The highest BCUT2D eigenvalue weighted by atomic mass is 16.5. The molecule has 5 nitrogen and oxygen atoms in total. The molecule has 1 fully saturated rings. The molecule has 1 aliphatic rings. The number of aromatic nitrogens is 1. The predicted octanol–water partition coefficient (Wildman–Crippen LogP) is 2.94. The van der Waals surface area contributed by atoms with Crippen LogP contribution >= 0.6 is 0 Å². The fourth-order valence-corrected chi connectivity index (χ4v) is 2.70. The number of hydrogen-bond acceptors (Lipinski definition) is 4. The van der Waals surface area contributed by atoms with Gasteiger partial charge in [-0.05, 0) is 37.0 Å². The van der Waals surface area contributed by atoms with Crippen LogP contribution < -0.4 is 10.6 Å². The lowest BCUT2D eigenvalue weighted by Gasteiger charge is -2.36. The van der Waals surface area contributed by atoms with Gasteiger partial charge in [-0.3, -0.25) is 4.98 Å². The van der Waals surface area contributed by atoms with E-state index in [4.69, 9.17) is 4.74 Å². The van der Waals surface area contributed by atoms with Crippen LogP contribution in [0, 0.1) is 6.92 Å². The van der Waals surface area contributed by atoms with E-state index in [0.29, 0.717) is 12.6 Å². The first-order valence-corrected chi connectivity index (χ1v) is 8.31. The number of hydrogen-bond donors (Lipinski definition) is 2. The Hall–Kier alpha value is -2.40. The first-order chi connectivity index (χ1) is 11.7. The minimum absolute atomic E-state index is 0.196. The topological polar surface area (TPSA) is 63.2 Å². The molecular formula is C19H23N3O2. The van der Waals surface area contributed by atoms with Gasteiger partial charge >= 0.3 is 6.09 Å². The minimum atomic E-state index is -0.343. The average molecular weight is 325 g/mol. The van der Waals surface area contributed by atoms with Crippen LogP contribution in [0.25, 0.3) is 0 Å². The maximum atomic E-state index is 11.8. The summed E-state index contributed by atoms with van der Waals surface area (Å²) in [7, 11) is 0. The third-order valence-corrected chi connectivity index (χ3v) is 4.24. The molecule has 0 saturated heterocycles. The second-order valence-electron chi connectivity index (χ2n) is 6.26. The van der Waals surface area contributed by atoms with E-state index in [-0.39, 0.29) is 12.1 Å². The summed E-state index contributed by atoms with van der Waals surface area (Å²) in [6.45, 7) is 3.10. The lowest BCUT2D eigenvalue weighted by Crippen LogP contribution is -2.52. The summed E-state index contributed by atoms with van der Waals surface area (Å²) < 4.78 is 5.23. The first-order valence-electron chi connectivity index (χ1n) is 8.31. The molecule has 1 aliphatic carbocycles. The zero-order chi connectivity index (χ0) is 16.8. The summed E-state index contributed by atoms with van der Waals surface area (Å²) in [5.74, 6) is 0. The van der Waals surface area contributed by atoms with E-state index in [1.54, 1.807) is 0 Å². The lowest BCUT2D eigenvalue weighted by molar-refractivity contribution is 0.125. The monoisotopic (exact) mass is 325 g/mol. The number of amides is 1. The van der Waals surface area contributed by atoms with Crippen molar-refractivity contribution in [1.29, 1.82) is 0 Å². The fraction of sp³-hybridized carbons (Fsp3) is 0.368. The van der Waals surface area contributed by atoms with Crippen molar-refractivity contribution in [2.75, 3.05) is 0 Å². The van der Waals surface area contributed by atoms with Gasteiger partial charge in [0.2, 0.25) is 0 Å². The predicted molar refractivity (Wildman–Crippen MR) is 92.4 cm³/mol. The number of alkyl carbamates (subject to hydrolysis) is 1. The molecule has 1 aromatic carbocycles. The Balaban J connectivity index is 1.30. The normalized spacial score (nSPS) is 19.4. The Labute approximate surface area is 142 Å². The number of carbonyl (C=O) groups excluding carboxylic acids is 1. The number of pyridine rings is 1. The number of nitrogens with one attached hydrogen (secondary N) is 2. The Morgan fingerprint density at radius 2 is 1.92 bits per heavy atom. The summed E-state index contributed by atoms with van der Waals surface area (Å²) in [4.78, 5) is 16.1. The molecule has 0 radical (unpaired) electrons. The van der Waals surface area contributed by atoms with Gasteiger partial charge in [-0.15, -0.1) is 0 Å². The van der Waals surface area contributed by atoms with Crippen LogP contribution in [0.2, 0.25) is 0 Å². The van der Waals surface area contributed by atoms with Gasteiger partial charge in [0.1, 0.15) is 6.61 Å². The molecule has 1 aromatic heterocycles. The third kappa shape index (κ3) is 4.80. The molecule has 1 heterocycles. The van der Waals surface area contributed by atoms with Crippen molar-refractivity contribution in [1.82, 2.24) is 15.6 Å². The minimum Gasteiger partial charge on any atom is -0.445 e. The van der Waals surface area contributed by atoms with Crippen LogP contribution in [0.5, 0.6) is 0 Å². The fourth-order valence-electron chi connectivity index (χ4n) is 2.70. The van der Waals surface area contributed by atoms with Crippen LogP contribution in [-0.2, 0) is 17.9 Å². The van der Waals surface area contributed by atoms with Gasteiger partial charge in [0, 0.05) is 30.5 Å². The molecule has 1 saturated carbocycles. The number of benzene rings is 1. The van der Waals surface area contributed by atoms with Gasteiger partial charge < -0.3 is 15.4 Å². The van der Waals surface area contributed by atoms with Gasteiger partial charge in [0.05, 0.1) is 0 Å². The van der Waals surface area contributed by atoms with E-state index < -0.39 is 0 Å². The maximum Gasteiger partial charge on any atom is 0.407 e. The molecule has 126 valence electrons. The number of nitrogens with zero attached hydrogens (tertiary/aromatic N) is 1. The number of carbonyl (C=O) groups is 1. The first kappa shape index (κ1) is 16.5. The van der Waals surface area contributed by atoms with Gasteiger partial charge in [0.15, 0.2) is 0 Å². The SMILES string of the molecule is Cc1ccc(CNC2CC(NC(=O)OCc3ccccc3)C2)cn1. The van der Waals surface area contributed by atoms with Crippen molar-refractivity contribution in [3.8, 4) is 0 Å². The maximum absolute atomic E-state index is 11.8. The second-order valence-corrected chi connectivity index (χ2v) is 6.26. The van der Waals surface area contributed by atoms with Gasteiger partial charge in [-0.2, -0.15) is 0 Å². The number of aryl methyl sites for hydroxylation is 1. The van der Waals surface area contributed by atoms with Crippen molar-refractivity contribution >= 4 is 6.09 Å². The highest BCUT2D eigenvalue weighted by Crippen LogP contribution is 2.20. The van der Waals surface area contributed by atoms with Crippen LogP contribution in [0.4, 0.5) is 4.79 Å². The van der Waals surface area contributed by atoms with E-state index in [1.165, 1.54) is 5.56 Å². The molecule has 2 aromatic rings. The molecule has 0 bridgehead atoms.